The molecule has 0 spiro atoms. The number of sulfone groups is 1. The molecule has 1 atom stereocenters. The minimum atomic E-state index is -3.45. The van der Waals surface area contributed by atoms with Crippen LogP contribution in [0.4, 0.5) is 4.79 Å². The molecule has 1 aromatic rings. The van der Waals surface area contributed by atoms with Crippen LogP contribution in [-0.4, -0.2) is 36.9 Å². The number of rotatable bonds is 5. The third-order valence-electron chi connectivity index (χ3n) is 5.28. The van der Waals surface area contributed by atoms with Gasteiger partial charge in [-0.1, -0.05) is 30.3 Å². The Morgan fingerprint density at radius 2 is 1.72 bits per heavy atom. The third kappa shape index (κ3) is 4.03. The van der Waals surface area contributed by atoms with Gasteiger partial charge in [-0.05, 0) is 50.5 Å². The zero-order valence-corrected chi connectivity index (χ0v) is 15.1. The highest BCUT2D eigenvalue weighted by Crippen LogP contribution is 2.32. The van der Waals surface area contributed by atoms with Gasteiger partial charge in [0.2, 0.25) is 0 Å². The van der Waals surface area contributed by atoms with Crippen molar-refractivity contribution in [2.75, 3.05) is 5.75 Å². The number of amides is 3. The van der Waals surface area contributed by atoms with Gasteiger partial charge in [-0.2, -0.15) is 0 Å². The van der Waals surface area contributed by atoms with E-state index in [0.29, 0.717) is 18.8 Å². The van der Waals surface area contributed by atoms with E-state index in [9.17, 15) is 18.0 Å². The first-order chi connectivity index (χ1) is 11.8. The summed E-state index contributed by atoms with van der Waals surface area (Å²) in [6.07, 6.45) is 3.95. The smallest absolute Gasteiger partial charge is 0.322 e. The van der Waals surface area contributed by atoms with Crippen molar-refractivity contribution in [2.24, 2.45) is 5.92 Å². The number of benzene rings is 1. The summed E-state index contributed by atoms with van der Waals surface area (Å²) in [5, 5.41) is 4.12. The Labute approximate surface area is 148 Å². The van der Waals surface area contributed by atoms with E-state index in [0.717, 1.165) is 19.3 Å². The summed E-state index contributed by atoms with van der Waals surface area (Å²) in [6, 6.07) is 9.61. The van der Waals surface area contributed by atoms with E-state index >= 15 is 0 Å². The van der Waals surface area contributed by atoms with Crippen molar-refractivity contribution in [3.8, 4) is 0 Å². The minimum Gasteiger partial charge on any atom is -0.323 e. The van der Waals surface area contributed by atoms with Crippen molar-refractivity contribution in [1.29, 1.82) is 0 Å². The number of carbonyl (C=O) groups excluding carboxylic acids is 2. The molecule has 6 nitrogen and oxygen atoms in total. The summed E-state index contributed by atoms with van der Waals surface area (Å²) in [7, 11) is -3.45. The maximum absolute atomic E-state index is 12.7. The van der Waals surface area contributed by atoms with Crippen molar-refractivity contribution in [3.05, 3.63) is 35.9 Å². The Morgan fingerprint density at radius 1 is 1.08 bits per heavy atom. The molecule has 3 rings (SSSR count). The van der Waals surface area contributed by atoms with Crippen molar-refractivity contribution in [2.45, 2.75) is 49.8 Å². The van der Waals surface area contributed by atoms with Crippen molar-refractivity contribution in [3.63, 3.8) is 0 Å². The number of urea groups is 1. The number of hydrogen-bond donors (Lipinski definition) is 2. The van der Waals surface area contributed by atoms with Crippen LogP contribution in [0.25, 0.3) is 0 Å². The molecule has 7 heteroatoms. The van der Waals surface area contributed by atoms with E-state index < -0.39 is 32.6 Å². The van der Waals surface area contributed by atoms with Crippen molar-refractivity contribution >= 4 is 21.8 Å². The van der Waals surface area contributed by atoms with Crippen LogP contribution in [-0.2, 0) is 21.1 Å². The van der Waals surface area contributed by atoms with E-state index in [1.807, 2.05) is 18.2 Å². The molecular formula is C18H24N2O4S. The van der Waals surface area contributed by atoms with Gasteiger partial charge in [-0.3, -0.25) is 10.1 Å². The van der Waals surface area contributed by atoms with E-state index in [1.165, 1.54) is 12.5 Å². The summed E-state index contributed by atoms with van der Waals surface area (Å²) >= 11 is 0. The molecule has 136 valence electrons. The first kappa shape index (κ1) is 17.9. The van der Waals surface area contributed by atoms with Crippen LogP contribution >= 0.6 is 0 Å². The normalized spacial score (nSPS) is 30.0. The van der Waals surface area contributed by atoms with Gasteiger partial charge < -0.3 is 5.32 Å². The van der Waals surface area contributed by atoms with Gasteiger partial charge in [0.1, 0.15) is 5.54 Å². The molecule has 1 heterocycles. The first-order valence-corrected chi connectivity index (χ1v) is 10.4. The summed E-state index contributed by atoms with van der Waals surface area (Å²) in [4.78, 5) is 23.2. The molecular weight excluding hydrogens is 340 g/mol. The van der Waals surface area contributed by atoms with Crippen LogP contribution < -0.4 is 10.6 Å². The molecule has 2 N–H and O–H groups in total. The second kappa shape index (κ2) is 6.78. The molecule has 2 fully saturated rings. The highest BCUT2D eigenvalue weighted by molar-refractivity contribution is 7.92. The van der Waals surface area contributed by atoms with Gasteiger partial charge >= 0.3 is 6.03 Å². The van der Waals surface area contributed by atoms with Crippen molar-refractivity contribution in [1.82, 2.24) is 10.6 Å². The Hall–Kier alpha value is -1.89. The molecule has 1 aliphatic heterocycles. The van der Waals surface area contributed by atoms with Crippen LogP contribution in [0, 0.1) is 5.92 Å². The lowest BCUT2D eigenvalue weighted by Crippen LogP contribution is -2.51. The zero-order chi connectivity index (χ0) is 18.1. The van der Waals surface area contributed by atoms with Gasteiger partial charge in [-0.15, -0.1) is 0 Å². The van der Waals surface area contributed by atoms with Crippen LogP contribution in [0.15, 0.2) is 30.3 Å². The lowest BCUT2D eigenvalue weighted by atomic mass is 9.84. The second-order valence-electron chi connectivity index (χ2n) is 7.38. The van der Waals surface area contributed by atoms with E-state index in [1.54, 1.807) is 0 Å². The van der Waals surface area contributed by atoms with Gasteiger partial charge in [0.05, 0.1) is 11.0 Å². The number of carbonyl (C=O) groups is 2. The van der Waals surface area contributed by atoms with Crippen LogP contribution in [0.3, 0.4) is 0 Å². The molecule has 3 amide bonds. The molecule has 1 saturated carbocycles. The van der Waals surface area contributed by atoms with E-state index in [-0.39, 0.29) is 5.75 Å². The minimum absolute atomic E-state index is 0.342. The van der Waals surface area contributed by atoms with E-state index in [2.05, 4.69) is 22.8 Å². The Balaban J connectivity index is 1.58. The summed E-state index contributed by atoms with van der Waals surface area (Å²) in [5.74, 6) is -0.413. The second-order valence-corrected chi connectivity index (χ2v) is 9.66. The fourth-order valence-corrected chi connectivity index (χ4v) is 6.08. The lowest BCUT2D eigenvalue weighted by Gasteiger charge is -2.30. The number of nitrogens with one attached hydrogen (secondary N) is 2. The molecule has 1 saturated heterocycles. The van der Waals surface area contributed by atoms with Gasteiger partial charge in [0.15, 0.2) is 9.84 Å². The molecule has 1 aromatic carbocycles. The quantitative estimate of drug-likeness (QED) is 0.779. The monoisotopic (exact) mass is 364 g/mol. The van der Waals surface area contributed by atoms with Gasteiger partial charge in [0, 0.05) is 0 Å². The topological polar surface area (TPSA) is 92.3 Å². The highest BCUT2D eigenvalue weighted by Gasteiger charge is 2.47. The first-order valence-electron chi connectivity index (χ1n) is 8.67. The van der Waals surface area contributed by atoms with Crippen LogP contribution in [0.1, 0.15) is 38.2 Å². The summed E-state index contributed by atoms with van der Waals surface area (Å²) in [5.41, 5.74) is -0.0803. The fourth-order valence-electron chi connectivity index (χ4n) is 3.84. The van der Waals surface area contributed by atoms with Gasteiger partial charge in [0.25, 0.3) is 5.91 Å². The summed E-state index contributed by atoms with van der Waals surface area (Å²) in [6.45, 7) is 1.46. The molecule has 1 aliphatic carbocycles. The number of hydrogen-bond acceptors (Lipinski definition) is 4. The zero-order valence-electron chi connectivity index (χ0n) is 14.3. The average molecular weight is 364 g/mol. The molecule has 0 bridgehead atoms. The molecule has 2 aliphatic rings. The van der Waals surface area contributed by atoms with Crippen LogP contribution in [0.5, 0.6) is 0 Å². The maximum atomic E-state index is 12.7. The summed E-state index contributed by atoms with van der Waals surface area (Å²) < 4.78 is 25.5. The largest absolute Gasteiger partial charge is 0.323 e. The molecule has 0 radical (unpaired) electrons. The fraction of sp³-hybridized carbons (Fsp3) is 0.556. The molecule has 0 aromatic heterocycles. The van der Waals surface area contributed by atoms with Crippen molar-refractivity contribution < 1.29 is 18.0 Å². The Bertz CT molecular complexity index is 755. The van der Waals surface area contributed by atoms with Gasteiger partial charge in [-0.25, -0.2) is 13.2 Å². The Morgan fingerprint density at radius 3 is 2.28 bits per heavy atom. The molecule has 25 heavy (non-hydrogen) atoms. The SMILES string of the molecule is C[C@]1(CS(=O)(=O)C2CCC(Cc3ccccc3)CC2)NC(=O)NC1=O. The maximum Gasteiger partial charge on any atom is 0.322 e. The predicted molar refractivity (Wildman–Crippen MR) is 94.8 cm³/mol. The Kier molecular flexibility index (Phi) is 4.86. The van der Waals surface area contributed by atoms with E-state index in [4.69, 9.17) is 0 Å². The lowest BCUT2D eigenvalue weighted by molar-refractivity contribution is -0.122. The standard InChI is InChI=1S/C18H24N2O4S/c1-18(16(21)19-17(22)20-18)12-25(23,24)15-9-7-14(8-10-15)11-13-5-3-2-4-6-13/h2-6,14-15H,7-12H2,1H3,(H2,19,20,21,22)/t14?,15?,18-/m1/s1. The average Bonchev–Trinajstić information content (AvgIpc) is 2.80. The molecule has 0 unspecified atom stereocenters. The highest BCUT2D eigenvalue weighted by atomic mass is 32.2. The third-order valence-corrected chi connectivity index (χ3v) is 7.74. The predicted octanol–water partition coefficient (Wildman–Crippen LogP) is 1.80. The van der Waals surface area contributed by atoms with Crippen LogP contribution in [0.2, 0.25) is 0 Å². The number of imide groups is 1.